The number of hydrogen-bond donors (Lipinski definition) is 1. The summed E-state index contributed by atoms with van der Waals surface area (Å²) in [4.78, 5) is 2.57. The molecule has 106 valence electrons. The predicted molar refractivity (Wildman–Crippen MR) is 82.5 cm³/mol. The summed E-state index contributed by atoms with van der Waals surface area (Å²) >= 11 is 0. The van der Waals surface area contributed by atoms with E-state index in [9.17, 15) is 0 Å². The average molecular weight is 260 g/mol. The number of benzene rings is 1. The van der Waals surface area contributed by atoms with Crippen LogP contribution in [0.1, 0.15) is 50.3 Å². The van der Waals surface area contributed by atoms with Gasteiger partial charge in [-0.15, -0.1) is 0 Å². The van der Waals surface area contributed by atoms with Crippen LogP contribution in [0.5, 0.6) is 0 Å². The molecule has 2 nitrogen and oxygen atoms in total. The maximum absolute atomic E-state index is 3.71. The number of likely N-dealkylation sites (tertiary alicyclic amines) is 1. The van der Waals surface area contributed by atoms with Crippen molar-refractivity contribution in [3.63, 3.8) is 0 Å². The predicted octanol–water partition coefficient (Wildman–Crippen LogP) is 3.39. The minimum Gasteiger partial charge on any atom is -0.309 e. The Morgan fingerprint density at radius 1 is 1.11 bits per heavy atom. The van der Waals surface area contributed by atoms with Gasteiger partial charge in [-0.1, -0.05) is 38.1 Å². The minimum absolute atomic E-state index is 0.508. The van der Waals surface area contributed by atoms with Crippen LogP contribution in [0.2, 0.25) is 0 Å². The maximum Gasteiger partial charge on any atom is 0.0318 e. The van der Waals surface area contributed by atoms with Crippen LogP contribution in [0.15, 0.2) is 24.3 Å². The van der Waals surface area contributed by atoms with E-state index in [0.29, 0.717) is 6.04 Å². The molecule has 19 heavy (non-hydrogen) atoms. The lowest BCUT2D eigenvalue weighted by atomic mass is 10.0. The number of aryl methyl sites for hydroxylation is 1. The lowest BCUT2D eigenvalue weighted by Gasteiger charge is -2.20. The standard InChI is InChI=1S/C17H28N2/c1-3-15-7-9-16(10-8-15)17(4-2)18-11-14-19-12-5-6-13-19/h7-10,17-18H,3-6,11-14H2,1-2H3. The molecule has 0 spiro atoms. The van der Waals surface area contributed by atoms with Crippen LogP contribution in [0.25, 0.3) is 0 Å². The van der Waals surface area contributed by atoms with Crippen molar-refractivity contribution in [2.24, 2.45) is 0 Å². The Morgan fingerprint density at radius 3 is 2.37 bits per heavy atom. The zero-order valence-corrected chi connectivity index (χ0v) is 12.5. The minimum atomic E-state index is 0.508. The average Bonchev–Trinajstić information content (AvgIpc) is 2.97. The quantitative estimate of drug-likeness (QED) is 0.808. The lowest BCUT2D eigenvalue weighted by Crippen LogP contribution is -2.32. The molecule has 1 heterocycles. The molecule has 1 aliphatic rings. The summed E-state index contributed by atoms with van der Waals surface area (Å²) in [5.74, 6) is 0. The summed E-state index contributed by atoms with van der Waals surface area (Å²) in [5, 5.41) is 3.71. The summed E-state index contributed by atoms with van der Waals surface area (Å²) in [6.07, 6.45) is 5.05. The van der Waals surface area contributed by atoms with Crippen molar-refractivity contribution in [2.45, 2.75) is 45.6 Å². The number of nitrogens with zero attached hydrogens (tertiary/aromatic N) is 1. The first-order valence-electron chi connectivity index (χ1n) is 7.88. The summed E-state index contributed by atoms with van der Waals surface area (Å²) < 4.78 is 0. The van der Waals surface area contributed by atoms with E-state index in [1.807, 2.05) is 0 Å². The first-order chi connectivity index (χ1) is 9.33. The highest BCUT2D eigenvalue weighted by molar-refractivity contribution is 5.25. The van der Waals surface area contributed by atoms with Crippen LogP contribution < -0.4 is 5.32 Å². The van der Waals surface area contributed by atoms with E-state index in [1.165, 1.54) is 43.6 Å². The Hall–Kier alpha value is -0.860. The molecule has 1 N–H and O–H groups in total. The third-order valence-corrected chi connectivity index (χ3v) is 4.22. The molecule has 1 unspecified atom stereocenters. The van der Waals surface area contributed by atoms with Gasteiger partial charge in [0.05, 0.1) is 0 Å². The SMILES string of the molecule is CCc1ccc(C(CC)NCCN2CCCC2)cc1. The Labute approximate surface area is 118 Å². The van der Waals surface area contributed by atoms with E-state index >= 15 is 0 Å². The Morgan fingerprint density at radius 2 is 1.79 bits per heavy atom. The maximum atomic E-state index is 3.71. The van der Waals surface area contributed by atoms with Crippen LogP contribution in [-0.2, 0) is 6.42 Å². The van der Waals surface area contributed by atoms with Crippen LogP contribution in [0, 0.1) is 0 Å². The van der Waals surface area contributed by atoms with Crippen molar-refractivity contribution in [1.29, 1.82) is 0 Å². The summed E-state index contributed by atoms with van der Waals surface area (Å²) in [6.45, 7) is 9.37. The van der Waals surface area contributed by atoms with Gasteiger partial charge in [-0.3, -0.25) is 0 Å². The second kappa shape index (κ2) is 7.66. The number of nitrogens with one attached hydrogen (secondary N) is 1. The zero-order chi connectivity index (χ0) is 13.5. The molecule has 0 aliphatic carbocycles. The van der Waals surface area contributed by atoms with Crippen molar-refractivity contribution in [3.8, 4) is 0 Å². The van der Waals surface area contributed by atoms with E-state index in [1.54, 1.807) is 0 Å². The highest BCUT2D eigenvalue weighted by Crippen LogP contribution is 2.17. The first-order valence-corrected chi connectivity index (χ1v) is 7.88. The molecular weight excluding hydrogens is 232 g/mol. The summed E-state index contributed by atoms with van der Waals surface area (Å²) in [5.41, 5.74) is 2.86. The van der Waals surface area contributed by atoms with E-state index in [-0.39, 0.29) is 0 Å². The summed E-state index contributed by atoms with van der Waals surface area (Å²) in [6, 6.07) is 9.61. The molecule has 0 saturated carbocycles. The van der Waals surface area contributed by atoms with Crippen molar-refractivity contribution < 1.29 is 0 Å². The van der Waals surface area contributed by atoms with E-state index in [4.69, 9.17) is 0 Å². The number of hydrogen-bond acceptors (Lipinski definition) is 2. The molecular formula is C17H28N2. The molecule has 1 saturated heterocycles. The number of rotatable bonds is 7. The fraction of sp³-hybridized carbons (Fsp3) is 0.647. The van der Waals surface area contributed by atoms with Crippen LogP contribution in [-0.4, -0.2) is 31.1 Å². The van der Waals surface area contributed by atoms with Crippen molar-refractivity contribution in [1.82, 2.24) is 10.2 Å². The van der Waals surface area contributed by atoms with Crippen molar-refractivity contribution in [3.05, 3.63) is 35.4 Å². The molecule has 1 fully saturated rings. The Kier molecular flexibility index (Phi) is 5.87. The van der Waals surface area contributed by atoms with Gasteiger partial charge >= 0.3 is 0 Å². The highest BCUT2D eigenvalue weighted by Gasteiger charge is 2.12. The fourth-order valence-corrected chi connectivity index (χ4v) is 2.89. The van der Waals surface area contributed by atoms with Gasteiger partial charge in [0.2, 0.25) is 0 Å². The van der Waals surface area contributed by atoms with Gasteiger partial charge in [0.1, 0.15) is 0 Å². The van der Waals surface area contributed by atoms with E-state index in [2.05, 4.69) is 48.3 Å². The first kappa shape index (κ1) is 14.5. The fourth-order valence-electron chi connectivity index (χ4n) is 2.89. The molecule has 1 aromatic carbocycles. The third-order valence-electron chi connectivity index (χ3n) is 4.22. The molecule has 1 aromatic rings. The van der Waals surface area contributed by atoms with Gasteiger partial charge < -0.3 is 10.2 Å². The van der Waals surface area contributed by atoms with Gasteiger partial charge in [0, 0.05) is 19.1 Å². The van der Waals surface area contributed by atoms with E-state index < -0.39 is 0 Å². The van der Waals surface area contributed by atoms with Crippen LogP contribution in [0.3, 0.4) is 0 Å². The Bertz CT molecular complexity index is 352. The molecule has 2 rings (SSSR count). The van der Waals surface area contributed by atoms with Gasteiger partial charge in [0.25, 0.3) is 0 Å². The molecule has 0 amide bonds. The lowest BCUT2D eigenvalue weighted by molar-refractivity contribution is 0.326. The van der Waals surface area contributed by atoms with Gasteiger partial charge in [-0.05, 0) is 49.9 Å². The highest BCUT2D eigenvalue weighted by atomic mass is 15.2. The third kappa shape index (κ3) is 4.32. The van der Waals surface area contributed by atoms with Crippen molar-refractivity contribution >= 4 is 0 Å². The molecule has 1 aliphatic heterocycles. The van der Waals surface area contributed by atoms with Crippen LogP contribution >= 0.6 is 0 Å². The molecule has 2 heteroatoms. The molecule has 0 bridgehead atoms. The van der Waals surface area contributed by atoms with Crippen molar-refractivity contribution in [2.75, 3.05) is 26.2 Å². The topological polar surface area (TPSA) is 15.3 Å². The van der Waals surface area contributed by atoms with Gasteiger partial charge in [0.15, 0.2) is 0 Å². The monoisotopic (exact) mass is 260 g/mol. The van der Waals surface area contributed by atoms with Gasteiger partial charge in [-0.2, -0.15) is 0 Å². The zero-order valence-electron chi connectivity index (χ0n) is 12.5. The van der Waals surface area contributed by atoms with E-state index in [0.717, 1.165) is 19.4 Å². The molecule has 0 radical (unpaired) electrons. The van der Waals surface area contributed by atoms with Crippen LogP contribution in [0.4, 0.5) is 0 Å². The van der Waals surface area contributed by atoms with Gasteiger partial charge in [-0.25, -0.2) is 0 Å². The second-order valence-electron chi connectivity index (χ2n) is 5.56. The summed E-state index contributed by atoms with van der Waals surface area (Å²) in [7, 11) is 0. The largest absolute Gasteiger partial charge is 0.309 e. The second-order valence-corrected chi connectivity index (χ2v) is 5.56. The molecule has 1 atom stereocenters. The smallest absolute Gasteiger partial charge is 0.0318 e. The Balaban J connectivity index is 1.80. The molecule has 0 aromatic heterocycles. The normalized spacial score (nSPS) is 17.8.